The average molecular weight is 246 g/mol. The van der Waals surface area contributed by atoms with Crippen LogP contribution in [0.5, 0.6) is 0 Å². The number of hydrogen-bond donors (Lipinski definition) is 2. The Balaban J connectivity index is 2.18. The standard InChI is InChI=1S/C12H10N2O4/c15-11(9-6-13-18-7-9)14-10(12(16)17)8-4-2-1-3-5-8/h1-7,10H,(H,14,15)(H,16,17). The van der Waals surface area contributed by atoms with Gasteiger partial charge in [-0.3, -0.25) is 4.79 Å². The second-order valence-electron chi connectivity index (χ2n) is 3.57. The molecule has 0 aliphatic carbocycles. The molecule has 18 heavy (non-hydrogen) atoms. The fraction of sp³-hybridized carbons (Fsp3) is 0.0833. The Hall–Kier alpha value is -2.63. The molecule has 2 aromatic rings. The SMILES string of the molecule is O=C(NC(C(=O)O)c1ccccc1)c1cnoc1. The first-order valence-corrected chi connectivity index (χ1v) is 5.16. The lowest BCUT2D eigenvalue weighted by molar-refractivity contribution is -0.139. The van der Waals surface area contributed by atoms with Crippen molar-refractivity contribution >= 4 is 11.9 Å². The summed E-state index contributed by atoms with van der Waals surface area (Å²) < 4.78 is 4.53. The maximum atomic E-state index is 11.7. The van der Waals surface area contributed by atoms with Crippen molar-refractivity contribution in [2.75, 3.05) is 0 Å². The minimum absolute atomic E-state index is 0.178. The number of carbonyl (C=O) groups excluding carboxylic acids is 1. The molecule has 1 heterocycles. The van der Waals surface area contributed by atoms with Gasteiger partial charge in [-0.25, -0.2) is 4.79 Å². The maximum Gasteiger partial charge on any atom is 0.330 e. The van der Waals surface area contributed by atoms with Gasteiger partial charge in [0.2, 0.25) is 0 Å². The van der Waals surface area contributed by atoms with Gasteiger partial charge < -0.3 is 14.9 Å². The summed E-state index contributed by atoms with van der Waals surface area (Å²) in [5.41, 5.74) is 0.673. The van der Waals surface area contributed by atoms with Crippen LogP contribution in [0, 0.1) is 0 Å². The number of benzene rings is 1. The topological polar surface area (TPSA) is 92.4 Å². The van der Waals surface area contributed by atoms with Crippen molar-refractivity contribution in [3.63, 3.8) is 0 Å². The van der Waals surface area contributed by atoms with E-state index in [1.54, 1.807) is 30.3 Å². The van der Waals surface area contributed by atoms with Crippen molar-refractivity contribution < 1.29 is 19.2 Å². The summed E-state index contributed by atoms with van der Waals surface area (Å²) in [5.74, 6) is -1.68. The van der Waals surface area contributed by atoms with Crippen LogP contribution in [0.1, 0.15) is 22.0 Å². The second-order valence-corrected chi connectivity index (χ2v) is 3.57. The minimum Gasteiger partial charge on any atom is -0.479 e. The Kier molecular flexibility index (Phi) is 3.38. The van der Waals surface area contributed by atoms with Crippen LogP contribution in [-0.4, -0.2) is 22.1 Å². The predicted molar refractivity (Wildman–Crippen MR) is 60.8 cm³/mol. The van der Waals surface area contributed by atoms with Gasteiger partial charge in [-0.1, -0.05) is 35.5 Å². The third-order valence-corrected chi connectivity index (χ3v) is 2.35. The summed E-state index contributed by atoms with van der Waals surface area (Å²) in [6.45, 7) is 0. The van der Waals surface area contributed by atoms with Crippen LogP contribution in [0.2, 0.25) is 0 Å². The molecule has 0 bridgehead atoms. The van der Waals surface area contributed by atoms with E-state index in [0.29, 0.717) is 5.56 Å². The van der Waals surface area contributed by atoms with Crippen molar-refractivity contribution in [1.29, 1.82) is 0 Å². The maximum absolute atomic E-state index is 11.7. The Morgan fingerprint density at radius 2 is 2.00 bits per heavy atom. The molecule has 0 saturated heterocycles. The normalized spacial score (nSPS) is 11.8. The summed E-state index contributed by atoms with van der Waals surface area (Å²) in [6.07, 6.45) is 2.37. The van der Waals surface area contributed by atoms with Gasteiger partial charge in [0.25, 0.3) is 5.91 Å². The number of nitrogens with zero attached hydrogens (tertiary/aromatic N) is 1. The zero-order chi connectivity index (χ0) is 13.0. The number of aliphatic carboxylic acids is 1. The van der Waals surface area contributed by atoms with Gasteiger partial charge in [0, 0.05) is 0 Å². The van der Waals surface area contributed by atoms with Crippen LogP contribution < -0.4 is 5.32 Å². The first-order chi connectivity index (χ1) is 8.68. The summed E-state index contributed by atoms with van der Waals surface area (Å²) in [4.78, 5) is 22.9. The number of carboxylic acids is 1. The van der Waals surface area contributed by atoms with Crippen molar-refractivity contribution in [2.24, 2.45) is 0 Å². The molecule has 1 unspecified atom stereocenters. The molecule has 0 radical (unpaired) electrons. The molecule has 1 aromatic carbocycles. The molecule has 0 fully saturated rings. The lowest BCUT2D eigenvalue weighted by Gasteiger charge is -2.13. The van der Waals surface area contributed by atoms with E-state index >= 15 is 0 Å². The van der Waals surface area contributed by atoms with E-state index in [1.165, 1.54) is 6.20 Å². The predicted octanol–water partition coefficient (Wildman–Crippen LogP) is 1.23. The van der Waals surface area contributed by atoms with E-state index in [0.717, 1.165) is 6.26 Å². The summed E-state index contributed by atoms with van der Waals surface area (Å²) in [5, 5.41) is 14.9. The third-order valence-electron chi connectivity index (χ3n) is 2.35. The van der Waals surface area contributed by atoms with E-state index in [-0.39, 0.29) is 5.56 Å². The third kappa shape index (κ3) is 2.54. The van der Waals surface area contributed by atoms with Gasteiger partial charge in [-0.2, -0.15) is 0 Å². The molecule has 6 nitrogen and oxygen atoms in total. The highest BCUT2D eigenvalue weighted by Gasteiger charge is 2.22. The van der Waals surface area contributed by atoms with Crippen LogP contribution in [0.4, 0.5) is 0 Å². The first-order valence-electron chi connectivity index (χ1n) is 5.16. The van der Waals surface area contributed by atoms with Crippen molar-refractivity contribution in [3.05, 3.63) is 53.9 Å². The van der Waals surface area contributed by atoms with Crippen LogP contribution >= 0.6 is 0 Å². The Labute approximate surface area is 102 Å². The van der Waals surface area contributed by atoms with E-state index in [4.69, 9.17) is 5.11 Å². The van der Waals surface area contributed by atoms with E-state index in [2.05, 4.69) is 15.0 Å². The summed E-state index contributed by atoms with van der Waals surface area (Å²) in [6, 6.07) is 7.34. The molecule has 1 aromatic heterocycles. The number of nitrogens with one attached hydrogen (secondary N) is 1. The largest absolute Gasteiger partial charge is 0.479 e. The molecule has 0 aliphatic heterocycles. The fourth-order valence-corrected chi connectivity index (χ4v) is 1.46. The minimum atomic E-state index is -1.13. The lowest BCUT2D eigenvalue weighted by atomic mass is 10.1. The number of carbonyl (C=O) groups is 2. The highest BCUT2D eigenvalue weighted by Crippen LogP contribution is 2.13. The van der Waals surface area contributed by atoms with Crippen LogP contribution in [0.25, 0.3) is 0 Å². The number of hydrogen-bond acceptors (Lipinski definition) is 4. The Morgan fingerprint density at radius 1 is 1.28 bits per heavy atom. The molecule has 92 valence electrons. The molecule has 2 N–H and O–H groups in total. The molecule has 6 heteroatoms. The molecule has 0 saturated carbocycles. The van der Waals surface area contributed by atoms with Gasteiger partial charge in [0.1, 0.15) is 6.26 Å². The van der Waals surface area contributed by atoms with Crippen LogP contribution in [0.15, 0.2) is 47.3 Å². The van der Waals surface area contributed by atoms with E-state index < -0.39 is 17.9 Å². The molecule has 1 atom stereocenters. The Bertz CT molecular complexity index is 536. The molecule has 2 rings (SSSR count). The average Bonchev–Trinajstić information content (AvgIpc) is 2.90. The van der Waals surface area contributed by atoms with Crippen LogP contribution in [-0.2, 0) is 4.79 Å². The first kappa shape index (κ1) is 11.8. The van der Waals surface area contributed by atoms with Crippen molar-refractivity contribution in [2.45, 2.75) is 6.04 Å². The second kappa shape index (κ2) is 5.13. The smallest absolute Gasteiger partial charge is 0.330 e. The van der Waals surface area contributed by atoms with Crippen molar-refractivity contribution in [1.82, 2.24) is 10.5 Å². The van der Waals surface area contributed by atoms with Crippen LogP contribution in [0.3, 0.4) is 0 Å². The number of carboxylic acid groups (broad SMARTS) is 1. The molecule has 0 aliphatic rings. The zero-order valence-electron chi connectivity index (χ0n) is 9.24. The monoisotopic (exact) mass is 246 g/mol. The summed E-state index contributed by atoms with van der Waals surface area (Å²) in [7, 11) is 0. The molecule has 1 amide bonds. The molecular formula is C12H10N2O4. The quantitative estimate of drug-likeness (QED) is 0.846. The number of amides is 1. The van der Waals surface area contributed by atoms with E-state index in [9.17, 15) is 9.59 Å². The molecular weight excluding hydrogens is 236 g/mol. The van der Waals surface area contributed by atoms with Crippen molar-refractivity contribution in [3.8, 4) is 0 Å². The molecule has 0 spiro atoms. The highest BCUT2D eigenvalue weighted by atomic mass is 16.5. The van der Waals surface area contributed by atoms with Gasteiger partial charge >= 0.3 is 5.97 Å². The van der Waals surface area contributed by atoms with Gasteiger partial charge in [-0.05, 0) is 5.56 Å². The van der Waals surface area contributed by atoms with Gasteiger partial charge in [0.15, 0.2) is 6.04 Å². The van der Waals surface area contributed by atoms with Gasteiger partial charge in [-0.15, -0.1) is 0 Å². The number of rotatable bonds is 4. The summed E-state index contributed by atoms with van der Waals surface area (Å²) >= 11 is 0. The number of aromatic nitrogens is 1. The fourth-order valence-electron chi connectivity index (χ4n) is 1.46. The highest BCUT2D eigenvalue weighted by molar-refractivity contribution is 5.96. The van der Waals surface area contributed by atoms with Gasteiger partial charge in [0.05, 0.1) is 11.8 Å². The lowest BCUT2D eigenvalue weighted by Crippen LogP contribution is -2.33. The van der Waals surface area contributed by atoms with E-state index in [1.807, 2.05) is 0 Å². The zero-order valence-corrected chi connectivity index (χ0v) is 9.24. The Morgan fingerprint density at radius 3 is 2.56 bits per heavy atom.